The molecule has 0 aliphatic rings. The van der Waals surface area contributed by atoms with Crippen molar-refractivity contribution in [1.29, 1.82) is 0 Å². The third kappa shape index (κ3) is 3.98. The highest BCUT2D eigenvalue weighted by Gasteiger charge is 2.02. The van der Waals surface area contributed by atoms with Crippen LogP contribution >= 0.6 is 27.7 Å². The Morgan fingerprint density at radius 1 is 1.43 bits per heavy atom. The van der Waals surface area contributed by atoms with Gasteiger partial charge in [-0.05, 0) is 29.9 Å². The maximum atomic E-state index is 13.3. The molecule has 14 heavy (non-hydrogen) atoms. The molecule has 1 N–H and O–H groups in total. The van der Waals surface area contributed by atoms with Crippen LogP contribution in [0.1, 0.15) is 12.0 Å². The first-order valence-corrected chi connectivity index (χ1v) is 6.31. The lowest BCUT2D eigenvalue weighted by molar-refractivity contribution is 0.296. The van der Waals surface area contributed by atoms with Gasteiger partial charge in [-0.25, -0.2) is 4.39 Å². The van der Waals surface area contributed by atoms with E-state index < -0.39 is 0 Å². The minimum absolute atomic E-state index is 0.170. The molecule has 0 atom stereocenters. The highest BCUT2D eigenvalue weighted by molar-refractivity contribution is 9.10. The van der Waals surface area contributed by atoms with Crippen LogP contribution < -0.4 is 0 Å². The van der Waals surface area contributed by atoms with Crippen LogP contribution in [0.5, 0.6) is 0 Å². The summed E-state index contributed by atoms with van der Waals surface area (Å²) in [6.07, 6.45) is 0.767. The predicted molar refractivity (Wildman–Crippen MR) is 62.0 cm³/mol. The number of halogens is 2. The molecule has 0 saturated heterocycles. The van der Waals surface area contributed by atoms with Crippen molar-refractivity contribution in [3.63, 3.8) is 0 Å². The van der Waals surface area contributed by atoms with Gasteiger partial charge in [-0.1, -0.05) is 22.0 Å². The smallest absolute Gasteiger partial charge is 0.128 e. The third-order valence-corrected chi connectivity index (χ3v) is 3.31. The summed E-state index contributed by atoms with van der Waals surface area (Å²) in [5, 5.41) is 8.56. The molecule has 1 aromatic rings. The number of aliphatic hydroxyl groups excluding tert-OH is 1. The van der Waals surface area contributed by atoms with Crippen LogP contribution in [0.4, 0.5) is 4.39 Å². The monoisotopic (exact) mass is 278 g/mol. The summed E-state index contributed by atoms with van der Waals surface area (Å²) in [5.41, 5.74) is 0.719. The molecule has 0 spiro atoms. The summed E-state index contributed by atoms with van der Waals surface area (Å²) in [7, 11) is 0. The lowest BCUT2D eigenvalue weighted by Crippen LogP contribution is -1.90. The number of benzene rings is 1. The SMILES string of the molecule is OCCCSCc1ccc(Br)cc1F. The van der Waals surface area contributed by atoms with Crippen LogP contribution in [0.25, 0.3) is 0 Å². The highest BCUT2D eigenvalue weighted by atomic mass is 79.9. The first-order chi connectivity index (χ1) is 6.74. The van der Waals surface area contributed by atoms with Gasteiger partial charge >= 0.3 is 0 Å². The summed E-state index contributed by atoms with van der Waals surface area (Å²) >= 11 is 4.85. The van der Waals surface area contributed by atoms with Crippen molar-refractivity contribution in [3.05, 3.63) is 34.1 Å². The Labute approximate surface area is 95.8 Å². The molecular formula is C10H12BrFOS. The van der Waals surface area contributed by atoms with E-state index in [1.807, 2.05) is 6.07 Å². The van der Waals surface area contributed by atoms with Crippen molar-refractivity contribution in [3.8, 4) is 0 Å². The molecule has 0 amide bonds. The quantitative estimate of drug-likeness (QED) is 0.835. The number of rotatable bonds is 5. The van der Waals surface area contributed by atoms with Crippen LogP contribution in [0.3, 0.4) is 0 Å². The molecule has 1 aromatic carbocycles. The van der Waals surface area contributed by atoms with Crippen LogP contribution in [0, 0.1) is 5.82 Å². The maximum absolute atomic E-state index is 13.3. The van der Waals surface area contributed by atoms with E-state index >= 15 is 0 Å². The van der Waals surface area contributed by atoms with Gasteiger partial charge in [0.2, 0.25) is 0 Å². The van der Waals surface area contributed by atoms with Gasteiger partial charge in [0.1, 0.15) is 5.82 Å². The van der Waals surface area contributed by atoms with Gasteiger partial charge < -0.3 is 5.11 Å². The molecule has 0 aliphatic heterocycles. The van der Waals surface area contributed by atoms with Gasteiger partial charge in [-0.3, -0.25) is 0 Å². The van der Waals surface area contributed by atoms with E-state index in [1.165, 1.54) is 6.07 Å². The van der Waals surface area contributed by atoms with Gasteiger partial charge in [-0.15, -0.1) is 0 Å². The Hall–Kier alpha value is -0.0600. The average molecular weight is 279 g/mol. The molecule has 0 fully saturated rings. The minimum Gasteiger partial charge on any atom is -0.396 e. The fraction of sp³-hybridized carbons (Fsp3) is 0.400. The molecule has 78 valence electrons. The fourth-order valence-corrected chi connectivity index (χ4v) is 2.25. The number of hydrogen-bond donors (Lipinski definition) is 1. The summed E-state index contributed by atoms with van der Waals surface area (Å²) in [6, 6.07) is 5.10. The molecule has 0 radical (unpaired) electrons. The molecule has 0 heterocycles. The van der Waals surface area contributed by atoms with Crippen molar-refractivity contribution in [2.24, 2.45) is 0 Å². The van der Waals surface area contributed by atoms with E-state index in [-0.39, 0.29) is 12.4 Å². The number of aliphatic hydroxyl groups is 1. The van der Waals surface area contributed by atoms with E-state index in [0.29, 0.717) is 5.75 Å². The van der Waals surface area contributed by atoms with Crippen LogP contribution in [0.2, 0.25) is 0 Å². The van der Waals surface area contributed by atoms with Gasteiger partial charge in [0.15, 0.2) is 0 Å². The molecule has 0 aliphatic carbocycles. The highest BCUT2D eigenvalue weighted by Crippen LogP contribution is 2.19. The van der Waals surface area contributed by atoms with Crippen LogP contribution in [-0.4, -0.2) is 17.5 Å². The van der Waals surface area contributed by atoms with Crippen molar-refractivity contribution < 1.29 is 9.50 Å². The number of thioether (sulfide) groups is 1. The average Bonchev–Trinajstić information content (AvgIpc) is 2.15. The zero-order chi connectivity index (χ0) is 10.4. The van der Waals surface area contributed by atoms with Gasteiger partial charge in [0.05, 0.1) is 0 Å². The molecule has 0 unspecified atom stereocenters. The fourth-order valence-electron chi connectivity index (χ4n) is 0.987. The zero-order valence-electron chi connectivity index (χ0n) is 7.67. The molecule has 0 aromatic heterocycles. The molecule has 1 rings (SSSR count). The van der Waals surface area contributed by atoms with Crippen molar-refractivity contribution in [2.75, 3.05) is 12.4 Å². The molecule has 1 nitrogen and oxygen atoms in total. The first-order valence-electron chi connectivity index (χ1n) is 4.36. The largest absolute Gasteiger partial charge is 0.396 e. The van der Waals surface area contributed by atoms with Crippen molar-refractivity contribution in [2.45, 2.75) is 12.2 Å². The first kappa shape index (κ1) is 12.0. The molecule has 0 bridgehead atoms. The van der Waals surface area contributed by atoms with E-state index in [2.05, 4.69) is 15.9 Å². The second kappa shape index (κ2) is 6.43. The van der Waals surface area contributed by atoms with Crippen LogP contribution in [0.15, 0.2) is 22.7 Å². The van der Waals surface area contributed by atoms with E-state index in [4.69, 9.17) is 5.11 Å². The normalized spacial score (nSPS) is 10.5. The van der Waals surface area contributed by atoms with E-state index in [1.54, 1.807) is 17.8 Å². The Morgan fingerprint density at radius 3 is 2.86 bits per heavy atom. The summed E-state index contributed by atoms with van der Waals surface area (Å²) in [4.78, 5) is 0. The lowest BCUT2D eigenvalue weighted by atomic mass is 10.2. The van der Waals surface area contributed by atoms with Gasteiger partial charge in [0.25, 0.3) is 0 Å². The summed E-state index contributed by atoms with van der Waals surface area (Å²) < 4.78 is 14.0. The predicted octanol–water partition coefficient (Wildman–Crippen LogP) is 3.20. The Balaban J connectivity index is 2.42. The zero-order valence-corrected chi connectivity index (χ0v) is 10.1. The topological polar surface area (TPSA) is 20.2 Å². The van der Waals surface area contributed by atoms with Crippen molar-refractivity contribution >= 4 is 27.7 Å². The maximum Gasteiger partial charge on any atom is 0.128 e. The second-order valence-electron chi connectivity index (χ2n) is 2.87. The molecular weight excluding hydrogens is 267 g/mol. The van der Waals surface area contributed by atoms with Gasteiger partial charge in [0, 0.05) is 16.8 Å². The second-order valence-corrected chi connectivity index (χ2v) is 4.89. The Kier molecular flexibility index (Phi) is 5.52. The number of hydrogen-bond acceptors (Lipinski definition) is 2. The van der Waals surface area contributed by atoms with Crippen LogP contribution in [-0.2, 0) is 5.75 Å². The Morgan fingerprint density at radius 2 is 2.21 bits per heavy atom. The molecule has 4 heteroatoms. The summed E-state index contributed by atoms with van der Waals surface area (Å²) in [6.45, 7) is 0.204. The van der Waals surface area contributed by atoms with E-state index in [9.17, 15) is 4.39 Å². The third-order valence-electron chi connectivity index (χ3n) is 1.72. The summed E-state index contributed by atoms with van der Waals surface area (Å²) in [5.74, 6) is 1.36. The lowest BCUT2D eigenvalue weighted by Gasteiger charge is -2.03. The minimum atomic E-state index is -0.170. The standard InChI is InChI=1S/C10H12BrFOS/c11-9-3-2-8(10(12)6-9)7-14-5-1-4-13/h2-3,6,13H,1,4-5,7H2. The molecule has 0 saturated carbocycles. The van der Waals surface area contributed by atoms with E-state index in [0.717, 1.165) is 22.2 Å². The Bertz CT molecular complexity index is 293. The van der Waals surface area contributed by atoms with Gasteiger partial charge in [-0.2, -0.15) is 11.8 Å². The van der Waals surface area contributed by atoms with Crippen molar-refractivity contribution in [1.82, 2.24) is 0 Å².